The fraction of sp³-hybridized carbons (Fsp3) is 0.300. The van der Waals surface area contributed by atoms with Gasteiger partial charge in [-0.15, -0.1) is 0 Å². The standard InChI is InChI=1S/C10H9F2NO2/c1-5-2-9(14)13-8-4-6(11)3-7(12)10(8)15-5/h3-5H,2H2,1H3,(H,13,14). The summed E-state index contributed by atoms with van der Waals surface area (Å²) in [5, 5.41) is 2.39. The molecule has 1 aromatic carbocycles. The third-order valence-corrected chi connectivity index (χ3v) is 2.07. The van der Waals surface area contributed by atoms with E-state index < -0.39 is 17.7 Å². The van der Waals surface area contributed by atoms with Crippen LogP contribution >= 0.6 is 0 Å². The van der Waals surface area contributed by atoms with Gasteiger partial charge >= 0.3 is 0 Å². The minimum Gasteiger partial charge on any atom is -0.485 e. The van der Waals surface area contributed by atoms with Crippen molar-refractivity contribution >= 4 is 11.6 Å². The van der Waals surface area contributed by atoms with E-state index >= 15 is 0 Å². The maximum Gasteiger partial charge on any atom is 0.228 e. The molecular weight excluding hydrogens is 204 g/mol. The molecule has 80 valence electrons. The minimum absolute atomic E-state index is 0.0434. The van der Waals surface area contributed by atoms with Crippen molar-refractivity contribution in [3.05, 3.63) is 23.8 Å². The highest BCUT2D eigenvalue weighted by Crippen LogP contribution is 2.32. The highest BCUT2D eigenvalue weighted by Gasteiger charge is 2.22. The van der Waals surface area contributed by atoms with Crippen LogP contribution in [0.5, 0.6) is 5.75 Å². The molecule has 1 atom stereocenters. The summed E-state index contributed by atoms with van der Waals surface area (Å²) in [6.07, 6.45) is -0.304. The van der Waals surface area contributed by atoms with Gasteiger partial charge in [0.05, 0.1) is 12.1 Å². The second kappa shape index (κ2) is 3.49. The lowest BCUT2D eigenvalue weighted by molar-refractivity contribution is -0.117. The number of carbonyl (C=O) groups is 1. The van der Waals surface area contributed by atoms with Crippen LogP contribution in [0.15, 0.2) is 12.1 Å². The van der Waals surface area contributed by atoms with Crippen LogP contribution in [-0.4, -0.2) is 12.0 Å². The van der Waals surface area contributed by atoms with Crippen LogP contribution in [0.1, 0.15) is 13.3 Å². The van der Waals surface area contributed by atoms with Crippen molar-refractivity contribution in [1.29, 1.82) is 0 Å². The third-order valence-electron chi connectivity index (χ3n) is 2.07. The lowest BCUT2D eigenvalue weighted by atomic mass is 10.2. The fourth-order valence-electron chi connectivity index (χ4n) is 1.48. The van der Waals surface area contributed by atoms with Gasteiger partial charge in [0.25, 0.3) is 0 Å². The molecule has 0 fully saturated rings. The second-order valence-corrected chi connectivity index (χ2v) is 3.45. The Morgan fingerprint density at radius 1 is 1.47 bits per heavy atom. The smallest absolute Gasteiger partial charge is 0.228 e. The number of fused-ring (bicyclic) bond motifs is 1. The average Bonchev–Trinajstić information content (AvgIpc) is 2.22. The van der Waals surface area contributed by atoms with E-state index in [1.807, 2.05) is 0 Å². The first-order chi connectivity index (χ1) is 7.06. The summed E-state index contributed by atoms with van der Waals surface area (Å²) in [6.45, 7) is 1.65. The van der Waals surface area contributed by atoms with E-state index in [-0.39, 0.29) is 23.8 Å². The van der Waals surface area contributed by atoms with E-state index in [9.17, 15) is 13.6 Å². The van der Waals surface area contributed by atoms with Crippen LogP contribution < -0.4 is 10.1 Å². The van der Waals surface area contributed by atoms with E-state index in [0.717, 1.165) is 12.1 Å². The predicted molar refractivity (Wildman–Crippen MR) is 49.7 cm³/mol. The number of ether oxygens (including phenoxy) is 1. The van der Waals surface area contributed by atoms with Crippen molar-refractivity contribution in [3.8, 4) is 5.75 Å². The first-order valence-electron chi connectivity index (χ1n) is 4.52. The molecule has 0 bridgehead atoms. The van der Waals surface area contributed by atoms with E-state index in [1.165, 1.54) is 0 Å². The molecule has 1 amide bonds. The van der Waals surface area contributed by atoms with Crippen LogP contribution in [0.4, 0.5) is 14.5 Å². The highest BCUT2D eigenvalue weighted by atomic mass is 19.1. The number of carbonyl (C=O) groups excluding carboxylic acids is 1. The third kappa shape index (κ3) is 1.91. The largest absolute Gasteiger partial charge is 0.485 e. The maximum absolute atomic E-state index is 13.3. The number of nitrogens with one attached hydrogen (secondary N) is 1. The van der Waals surface area contributed by atoms with Gasteiger partial charge in [0, 0.05) is 12.1 Å². The number of rotatable bonds is 0. The molecule has 1 heterocycles. The zero-order valence-corrected chi connectivity index (χ0v) is 8.01. The lowest BCUT2D eigenvalue weighted by Crippen LogP contribution is -2.17. The van der Waals surface area contributed by atoms with Crippen LogP contribution in [0, 0.1) is 11.6 Å². The molecule has 1 aromatic rings. The minimum atomic E-state index is -0.806. The monoisotopic (exact) mass is 213 g/mol. The van der Waals surface area contributed by atoms with Gasteiger partial charge in [0.2, 0.25) is 5.91 Å². The maximum atomic E-state index is 13.3. The molecule has 2 rings (SSSR count). The molecule has 0 saturated heterocycles. The number of hydrogen-bond acceptors (Lipinski definition) is 2. The lowest BCUT2D eigenvalue weighted by Gasteiger charge is -2.11. The van der Waals surface area contributed by atoms with Crippen LogP contribution in [-0.2, 0) is 4.79 Å². The van der Waals surface area contributed by atoms with Gasteiger partial charge in [-0.25, -0.2) is 8.78 Å². The van der Waals surface area contributed by atoms with Gasteiger partial charge in [-0.3, -0.25) is 4.79 Å². The first kappa shape index (κ1) is 9.89. The van der Waals surface area contributed by atoms with E-state index in [0.29, 0.717) is 0 Å². The Bertz CT molecular complexity index is 420. The van der Waals surface area contributed by atoms with Crippen molar-refractivity contribution in [1.82, 2.24) is 0 Å². The Balaban J connectivity index is 2.50. The number of halogens is 2. The quantitative estimate of drug-likeness (QED) is 0.716. The second-order valence-electron chi connectivity index (χ2n) is 3.45. The molecular formula is C10H9F2NO2. The molecule has 0 spiro atoms. The van der Waals surface area contributed by atoms with Crippen molar-refractivity contribution in [2.75, 3.05) is 5.32 Å². The van der Waals surface area contributed by atoms with Crippen LogP contribution in [0.2, 0.25) is 0 Å². The fourth-order valence-corrected chi connectivity index (χ4v) is 1.48. The van der Waals surface area contributed by atoms with E-state index in [1.54, 1.807) is 6.92 Å². The zero-order chi connectivity index (χ0) is 11.0. The Morgan fingerprint density at radius 2 is 2.20 bits per heavy atom. The number of hydrogen-bond donors (Lipinski definition) is 1. The molecule has 1 aliphatic rings. The molecule has 0 radical (unpaired) electrons. The molecule has 0 aromatic heterocycles. The predicted octanol–water partition coefficient (Wildman–Crippen LogP) is 2.07. The summed E-state index contributed by atoms with van der Waals surface area (Å²) in [7, 11) is 0. The SMILES string of the molecule is CC1CC(=O)Nc2cc(F)cc(F)c2O1. The zero-order valence-electron chi connectivity index (χ0n) is 8.01. The molecule has 1 N–H and O–H groups in total. The topological polar surface area (TPSA) is 38.3 Å². The molecule has 3 nitrogen and oxygen atoms in total. The molecule has 1 unspecified atom stereocenters. The number of anilines is 1. The molecule has 0 aliphatic carbocycles. The summed E-state index contributed by atoms with van der Waals surface area (Å²) in [6, 6.07) is 1.76. The Hall–Kier alpha value is -1.65. The number of benzene rings is 1. The summed E-state index contributed by atoms with van der Waals surface area (Å²) in [5.74, 6) is -1.97. The Morgan fingerprint density at radius 3 is 2.93 bits per heavy atom. The van der Waals surface area contributed by atoms with Crippen molar-refractivity contribution in [2.24, 2.45) is 0 Å². The van der Waals surface area contributed by atoms with Crippen molar-refractivity contribution in [3.63, 3.8) is 0 Å². The normalized spacial score (nSPS) is 19.9. The Labute approximate surface area is 85.0 Å². The summed E-state index contributed by atoms with van der Waals surface area (Å²) < 4.78 is 31.4. The van der Waals surface area contributed by atoms with Gasteiger partial charge in [0.15, 0.2) is 11.6 Å². The highest BCUT2D eigenvalue weighted by molar-refractivity contribution is 5.93. The van der Waals surface area contributed by atoms with Crippen LogP contribution in [0.25, 0.3) is 0 Å². The molecule has 15 heavy (non-hydrogen) atoms. The molecule has 5 heteroatoms. The number of amides is 1. The van der Waals surface area contributed by atoms with Crippen molar-refractivity contribution < 1.29 is 18.3 Å². The summed E-state index contributed by atoms with van der Waals surface area (Å²) in [5.41, 5.74) is 0.0434. The van der Waals surface area contributed by atoms with Crippen molar-refractivity contribution in [2.45, 2.75) is 19.4 Å². The van der Waals surface area contributed by atoms with E-state index in [2.05, 4.69) is 5.32 Å². The summed E-state index contributed by atoms with van der Waals surface area (Å²) in [4.78, 5) is 11.2. The summed E-state index contributed by atoms with van der Waals surface area (Å²) >= 11 is 0. The van der Waals surface area contributed by atoms with Gasteiger partial charge in [-0.1, -0.05) is 0 Å². The van der Waals surface area contributed by atoms with Gasteiger partial charge in [0.1, 0.15) is 11.9 Å². The van der Waals surface area contributed by atoms with E-state index in [4.69, 9.17) is 4.74 Å². The Kier molecular flexibility index (Phi) is 2.30. The van der Waals surface area contributed by atoms with Gasteiger partial charge in [-0.05, 0) is 6.92 Å². The van der Waals surface area contributed by atoms with Crippen LogP contribution in [0.3, 0.4) is 0 Å². The van der Waals surface area contributed by atoms with Gasteiger partial charge in [-0.2, -0.15) is 0 Å². The van der Waals surface area contributed by atoms with Gasteiger partial charge < -0.3 is 10.1 Å². The molecule has 1 aliphatic heterocycles. The molecule has 0 saturated carbocycles. The first-order valence-corrected chi connectivity index (χ1v) is 4.52. The average molecular weight is 213 g/mol.